The molecule has 0 fully saturated rings. The van der Waals surface area contributed by atoms with E-state index in [-0.39, 0.29) is 11.8 Å². The molecule has 1 aliphatic heterocycles. The Morgan fingerprint density at radius 3 is 2.64 bits per heavy atom. The molecule has 2 rings (SSSR count). The lowest BCUT2D eigenvalue weighted by Gasteiger charge is -2.14. The molecule has 0 aliphatic carbocycles. The van der Waals surface area contributed by atoms with E-state index in [2.05, 4.69) is 22.0 Å². The van der Waals surface area contributed by atoms with Crippen LogP contribution >= 0.6 is 0 Å². The van der Waals surface area contributed by atoms with Gasteiger partial charge in [0.2, 0.25) is 11.8 Å². The van der Waals surface area contributed by atoms with Crippen LogP contribution in [0, 0.1) is 0 Å². The summed E-state index contributed by atoms with van der Waals surface area (Å²) in [4.78, 5) is 23.5. The summed E-state index contributed by atoms with van der Waals surface area (Å²) in [5, 5.41) is 8.90. The summed E-state index contributed by atoms with van der Waals surface area (Å²) in [6.07, 6.45) is 3.76. The normalized spacial score (nSPS) is 14.1. The van der Waals surface area contributed by atoms with E-state index < -0.39 is 0 Å². The van der Waals surface area contributed by atoms with Crippen LogP contribution < -0.4 is 16.0 Å². The minimum Gasteiger partial charge on any atom is -0.355 e. The quantitative estimate of drug-likeness (QED) is 0.652. The van der Waals surface area contributed by atoms with Crippen molar-refractivity contribution >= 4 is 11.8 Å². The van der Waals surface area contributed by atoms with E-state index in [4.69, 9.17) is 0 Å². The molecule has 0 saturated heterocycles. The van der Waals surface area contributed by atoms with Crippen molar-refractivity contribution in [1.29, 1.82) is 0 Å². The van der Waals surface area contributed by atoms with E-state index in [1.807, 2.05) is 30.3 Å². The molecule has 1 aromatic rings. The monoisotopic (exact) mass is 301 g/mol. The molecule has 0 atom stereocenters. The highest BCUT2D eigenvalue weighted by molar-refractivity contribution is 5.80. The van der Waals surface area contributed by atoms with Crippen LogP contribution in [-0.2, 0) is 16.0 Å². The molecule has 22 heavy (non-hydrogen) atoms. The standard InChI is InChI=1S/C17H23N3O2/c21-16(20-13-15-6-9-18-10-7-15)8-11-19-17(22)12-14-4-2-1-3-5-14/h1-6,18H,7-13H2,(H,19,22)(H,20,21). The minimum atomic E-state index is -0.0555. The number of nitrogens with one attached hydrogen (secondary N) is 3. The Labute approximate surface area is 131 Å². The third-order valence-corrected chi connectivity index (χ3v) is 3.55. The molecule has 0 spiro atoms. The Bertz CT molecular complexity index is 526. The van der Waals surface area contributed by atoms with E-state index >= 15 is 0 Å². The van der Waals surface area contributed by atoms with Crippen LogP contribution in [0.3, 0.4) is 0 Å². The molecule has 118 valence electrons. The first-order valence-corrected chi connectivity index (χ1v) is 7.70. The zero-order valence-corrected chi connectivity index (χ0v) is 12.7. The summed E-state index contributed by atoms with van der Waals surface area (Å²) in [7, 11) is 0. The summed E-state index contributed by atoms with van der Waals surface area (Å²) in [6, 6.07) is 9.57. The maximum Gasteiger partial charge on any atom is 0.224 e. The van der Waals surface area contributed by atoms with Gasteiger partial charge in [-0.1, -0.05) is 42.0 Å². The van der Waals surface area contributed by atoms with Gasteiger partial charge in [-0.05, 0) is 18.5 Å². The number of rotatable bonds is 7. The second-order valence-electron chi connectivity index (χ2n) is 5.36. The average molecular weight is 301 g/mol. The van der Waals surface area contributed by atoms with Gasteiger partial charge in [0.1, 0.15) is 0 Å². The second-order valence-corrected chi connectivity index (χ2v) is 5.36. The Hall–Kier alpha value is -2.14. The lowest BCUT2D eigenvalue weighted by molar-refractivity contribution is -0.121. The Balaban J connectivity index is 1.58. The van der Waals surface area contributed by atoms with Crippen LogP contribution in [-0.4, -0.2) is 38.0 Å². The van der Waals surface area contributed by atoms with Crippen molar-refractivity contribution in [3.8, 4) is 0 Å². The fraction of sp³-hybridized carbons (Fsp3) is 0.412. The van der Waals surface area contributed by atoms with Crippen LogP contribution in [0.15, 0.2) is 42.0 Å². The molecule has 0 bridgehead atoms. The van der Waals surface area contributed by atoms with Crippen LogP contribution in [0.4, 0.5) is 0 Å². The molecular formula is C17H23N3O2. The van der Waals surface area contributed by atoms with Gasteiger partial charge in [0.15, 0.2) is 0 Å². The van der Waals surface area contributed by atoms with Gasteiger partial charge >= 0.3 is 0 Å². The number of hydrogen-bond acceptors (Lipinski definition) is 3. The third kappa shape index (κ3) is 6.10. The highest BCUT2D eigenvalue weighted by Crippen LogP contribution is 2.02. The van der Waals surface area contributed by atoms with Crippen molar-refractivity contribution in [1.82, 2.24) is 16.0 Å². The lowest BCUT2D eigenvalue weighted by atomic mass is 10.1. The summed E-state index contributed by atoms with van der Waals surface area (Å²) >= 11 is 0. The maximum atomic E-state index is 11.7. The van der Waals surface area contributed by atoms with Crippen LogP contribution in [0.5, 0.6) is 0 Å². The van der Waals surface area contributed by atoms with Crippen LogP contribution in [0.2, 0.25) is 0 Å². The van der Waals surface area contributed by atoms with E-state index in [0.717, 1.165) is 25.1 Å². The molecule has 2 amide bonds. The highest BCUT2D eigenvalue weighted by atomic mass is 16.2. The van der Waals surface area contributed by atoms with Gasteiger partial charge < -0.3 is 16.0 Å². The van der Waals surface area contributed by atoms with Gasteiger partial charge in [0.05, 0.1) is 6.42 Å². The first-order chi connectivity index (χ1) is 10.7. The molecule has 0 saturated carbocycles. The van der Waals surface area contributed by atoms with Gasteiger partial charge in [-0.2, -0.15) is 0 Å². The predicted molar refractivity (Wildman–Crippen MR) is 86.4 cm³/mol. The molecular weight excluding hydrogens is 278 g/mol. The van der Waals surface area contributed by atoms with Gasteiger partial charge in [0, 0.05) is 26.1 Å². The number of amides is 2. The fourth-order valence-electron chi connectivity index (χ4n) is 2.29. The first-order valence-electron chi connectivity index (χ1n) is 7.70. The van der Waals surface area contributed by atoms with Crippen molar-refractivity contribution in [2.75, 3.05) is 26.2 Å². The predicted octanol–water partition coefficient (Wildman–Crippen LogP) is 0.771. The summed E-state index contributed by atoms with van der Waals surface area (Å²) in [5.41, 5.74) is 2.24. The van der Waals surface area contributed by atoms with Crippen molar-refractivity contribution in [2.45, 2.75) is 19.3 Å². The topological polar surface area (TPSA) is 70.2 Å². The molecule has 0 radical (unpaired) electrons. The maximum absolute atomic E-state index is 11.7. The smallest absolute Gasteiger partial charge is 0.224 e. The summed E-state index contributed by atoms with van der Waals surface area (Å²) < 4.78 is 0. The second kappa shape index (κ2) is 9.00. The Morgan fingerprint density at radius 1 is 1.09 bits per heavy atom. The molecule has 1 heterocycles. The largest absolute Gasteiger partial charge is 0.355 e. The lowest BCUT2D eigenvalue weighted by Crippen LogP contribution is -2.33. The summed E-state index contributed by atoms with van der Waals surface area (Å²) in [5.74, 6) is -0.0838. The molecule has 3 N–H and O–H groups in total. The SMILES string of the molecule is O=C(CCNC(=O)Cc1ccccc1)NCC1=CCNCC1. The molecule has 1 aromatic carbocycles. The minimum absolute atomic E-state index is 0.0283. The van der Waals surface area contributed by atoms with Crippen LogP contribution in [0.1, 0.15) is 18.4 Å². The van der Waals surface area contributed by atoms with Gasteiger partial charge in [-0.15, -0.1) is 0 Å². The Kier molecular flexibility index (Phi) is 6.64. The number of hydrogen-bond donors (Lipinski definition) is 3. The van der Waals surface area contributed by atoms with E-state index in [1.54, 1.807) is 0 Å². The van der Waals surface area contributed by atoms with Gasteiger partial charge in [0.25, 0.3) is 0 Å². The summed E-state index contributed by atoms with van der Waals surface area (Å²) in [6.45, 7) is 2.83. The highest BCUT2D eigenvalue weighted by Gasteiger charge is 2.07. The van der Waals surface area contributed by atoms with Crippen molar-refractivity contribution in [2.24, 2.45) is 0 Å². The number of carbonyl (C=O) groups is 2. The Morgan fingerprint density at radius 2 is 1.91 bits per heavy atom. The zero-order chi connectivity index (χ0) is 15.6. The van der Waals surface area contributed by atoms with Gasteiger partial charge in [-0.25, -0.2) is 0 Å². The van der Waals surface area contributed by atoms with Crippen LogP contribution in [0.25, 0.3) is 0 Å². The van der Waals surface area contributed by atoms with E-state index in [9.17, 15) is 9.59 Å². The van der Waals surface area contributed by atoms with Crippen molar-refractivity contribution < 1.29 is 9.59 Å². The van der Waals surface area contributed by atoms with E-state index in [1.165, 1.54) is 5.57 Å². The van der Waals surface area contributed by atoms with Gasteiger partial charge in [-0.3, -0.25) is 9.59 Å². The average Bonchev–Trinajstić information content (AvgIpc) is 2.55. The molecule has 0 aromatic heterocycles. The number of benzene rings is 1. The molecule has 5 nitrogen and oxygen atoms in total. The zero-order valence-electron chi connectivity index (χ0n) is 12.7. The van der Waals surface area contributed by atoms with Crippen molar-refractivity contribution in [3.63, 3.8) is 0 Å². The molecule has 5 heteroatoms. The van der Waals surface area contributed by atoms with Crippen molar-refractivity contribution in [3.05, 3.63) is 47.5 Å². The fourth-order valence-corrected chi connectivity index (χ4v) is 2.29. The third-order valence-electron chi connectivity index (χ3n) is 3.55. The molecule has 1 aliphatic rings. The first kappa shape index (κ1) is 16.2. The van der Waals surface area contributed by atoms with E-state index in [0.29, 0.717) is 25.9 Å². The number of carbonyl (C=O) groups excluding carboxylic acids is 2. The molecule has 0 unspecified atom stereocenters.